The van der Waals surface area contributed by atoms with Crippen LogP contribution in [0.15, 0.2) is 0 Å². The Labute approximate surface area is 90.3 Å². The highest BCUT2D eigenvalue weighted by Gasteiger charge is 2.30. The second-order valence-electron chi connectivity index (χ2n) is 3.66. The van der Waals surface area contributed by atoms with Gasteiger partial charge < -0.3 is 20.5 Å². The van der Waals surface area contributed by atoms with Crippen molar-refractivity contribution in [1.29, 1.82) is 0 Å². The summed E-state index contributed by atoms with van der Waals surface area (Å²) < 4.78 is 10.5. The Balaban J connectivity index is 2.08. The van der Waals surface area contributed by atoms with E-state index in [-0.39, 0.29) is 17.9 Å². The molecule has 0 aromatic carbocycles. The van der Waals surface area contributed by atoms with Gasteiger partial charge in [0.25, 0.3) is 0 Å². The van der Waals surface area contributed by atoms with Gasteiger partial charge in [0.2, 0.25) is 5.91 Å². The zero-order valence-corrected chi connectivity index (χ0v) is 9.20. The van der Waals surface area contributed by atoms with E-state index in [0.717, 1.165) is 6.42 Å². The second-order valence-corrected chi connectivity index (χ2v) is 3.66. The molecule has 1 rings (SSSR count). The van der Waals surface area contributed by atoms with Gasteiger partial charge in [-0.05, 0) is 13.3 Å². The van der Waals surface area contributed by atoms with Crippen molar-refractivity contribution in [1.82, 2.24) is 5.32 Å². The fourth-order valence-electron chi connectivity index (χ4n) is 1.64. The standard InChI is InChI=1S/C10H20N2O3/c1-8-9(2-5-15-8)10(13)12-4-7-14-6-3-11/h8-9H,2-7,11H2,1H3,(H,12,13). The van der Waals surface area contributed by atoms with Gasteiger partial charge >= 0.3 is 0 Å². The summed E-state index contributed by atoms with van der Waals surface area (Å²) in [4.78, 5) is 11.6. The molecule has 2 atom stereocenters. The van der Waals surface area contributed by atoms with E-state index in [9.17, 15) is 4.79 Å². The highest BCUT2D eigenvalue weighted by atomic mass is 16.5. The van der Waals surface area contributed by atoms with Gasteiger partial charge in [-0.15, -0.1) is 0 Å². The molecule has 0 saturated carbocycles. The van der Waals surface area contributed by atoms with Crippen molar-refractivity contribution in [2.75, 3.05) is 32.9 Å². The molecule has 0 bridgehead atoms. The van der Waals surface area contributed by atoms with E-state index in [1.807, 2.05) is 6.92 Å². The zero-order chi connectivity index (χ0) is 11.1. The molecule has 5 heteroatoms. The van der Waals surface area contributed by atoms with Crippen molar-refractivity contribution < 1.29 is 14.3 Å². The van der Waals surface area contributed by atoms with E-state index in [4.69, 9.17) is 15.2 Å². The lowest BCUT2D eigenvalue weighted by Crippen LogP contribution is -2.36. The van der Waals surface area contributed by atoms with Crippen LogP contribution in [0.4, 0.5) is 0 Å². The lowest BCUT2D eigenvalue weighted by atomic mass is 10.0. The molecule has 1 fully saturated rings. The lowest BCUT2D eigenvalue weighted by Gasteiger charge is -2.13. The molecule has 0 spiro atoms. The molecule has 1 aliphatic heterocycles. The first-order chi connectivity index (χ1) is 7.25. The first-order valence-corrected chi connectivity index (χ1v) is 5.43. The number of amides is 1. The summed E-state index contributed by atoms with van der Waals surface area (Å²) in [6.45, 7) is 4.73. The molecule has 88 valence electrons. The Kier molecular flexibility index (Phi) is 5.60. The summed E-state index contributed by atoms with van der Waals surface area (Å²) in [5.41, 5.74) is 5.26. The fraction of sp³-hybridized carbons (Fsp3) is 0.900. The first-order valence-electron chi connectivity index (χ1n) is 5.43. The number of hydrogen-bond acceptors (Lipinski definition) is 4. The lowest BCUT2D eigenvalue weighted by molar-refractivity contribution is -0.126. The van der Waals surface area contributed by atoms with Crippen molar-refractivity contribution in [2.24, 2.45) is 11.7 Å². The van der Waals surface area contributed by atoms with Crippen molar-refractivity contribution in [3.05, 3.63) is 0 Å². The third-order valence-electron chi connectivity index (χ3n) is 2.52. The Morgan fingerprint density at radius 3 is 3.00 bits per heavy atom. The van der Waals surface area contributed by atoms with Crippen LogP contribution in [0.1, 0.15) is 13.3 Å². The average molecular weight is 216 g/mol. The van der Waals surface area contributed by atoms with Crippen molar-refractivity contribution in [2.45, 2.75) is 19.4 Å². The third kappa shape index (κ3) is 4.15. The minimum atomic E-state index is -0.000455. The normalized spacial score (nSPS) is 25.5. The summed E-state index contributed by atoms with van der Waals surface area (Å²) in [5, 5.41) is 2.83. The van der Waals surface area contributed by atoms with E-state index >= 15 is 0 Å². The van der Waals surface area contributed by atoms with Crippen LogP contribution in [0.5, 0.6) is 0 Å². The Morgan fingerprint density at radius 1 is 1.60 bits per heavy atom. The largest absolute Gasteiger partial charge is 0.378 e. The molecule has 2 unspecified atom stereocenters. The molecular weight excluding hydrogens is 196 g/mol. The molecule has 15 heavy (non-hydrogen) atoms. The smallest absolute Gasteiger partial charge is 0.225 e. The monoisotopic (exact) mass is 216 g/mol. The number of nitrogens with two attached hydrogens (primary N) is 1. The molecular formula is C10H20N2O3. The van der Waals surface area contributed by atoms with Gasteiger partial charge in [-0.25, -0.2) is 0 Å². The molecule has 0 aliphatic carbocycles. The quantitative estimate of drug-likeness (QED) is 0.587. The van der Waals surface area contributed by atoms with Crippen molar-refractivity contribution in [3.8, 4) is 0 Å². The molecule has 1 saturated heterocycles. The summed E-state index contributed by atoms with van der Waals surface area (Å²) in [7, 11) is 0. The number of hydrogen-bond donors (Lipinski definition) is 2. The predicted molar refractivity (Wildman–Crippen MR) is 56.4 cm³/mol. The van der Waals surface area contributed by atoms with Crippen LogP contribution in [0, 0.1) is 5.92 Å². The highest BCUT2D eigenvalue weighted by molar-refractivity contribution is 5.79. The molecule has 1 aliphatic rings. The number of carbonyl (C=O) groups excluding carboxylic acids is 1. The molecule has 0 aromatic rings. The van der Waals surface area contributed by atoms with Gasteiger partial charge in [0.1, 0.15) is 0 Å². The Hall–Kier alpha value is -0.650. The van der Waals surface area contributed by atoms with Gasteiger partial charge in [0.05, 0.1) is 25.2 Å². The van der Waals surface area contributed by atoms with Crippen LogP contribution in [0.2, 0.25) is 0 Å². The maximum absolute atomic E-state index is 11.6. The van der Waals surface area contributed by atoms with Crippen LogP contribution in [-0.4, -0.2) is 44.9 Å². The van der Waals surface area contributed by atoms with E-state index in [1.165, 1.54) is 0 Å². The predicted octanol–water partition coefficient (Wildman–Crippen LogP) is -0.497. The highest BCUT2D eigenvalue weighted by Crippen LogP contribution is 2.19. The summed E-state index contributed by atoms with van der Waals surface area (Å²) in [6.07, 6.45) is 0.853. The summed E-state index contributed by atoms with van der Waals surface area (Å²) >= 11 is 0. The third-order valence-corrected chi connectivity index (χ3v) is 2.52. The fourth-order valence-corrected chi connectivity index (χ4v) is 1.64. The van der Waals surface area contributed by atoms with E-state index in [0.29, 0.717) is 32.9 Å². The van der Waals surface area contributed by atoms with Crippen LogP contribution in [-0.2, 0) is 14.3 Å². The number of rotatable bonds is 6. The summed E-state index contributed by atoms with van der Waals surface area (Å²) in [5.74, 6) is 0.0656. The molecule has 1 amide bonds. The topological polar surface area (TPSA) is 73.6 Å². The van der Waals surface area contributed by atoms with E-state index in [1.54, 1.807) is 0 Å². The number of nitrogens with one attached hydrogen (secondary N) is 1. The maximum Gasteiger partial charge on any atom is 0.225 e. The van der Waals surface area contributed by atoms with Gasteiger partial charge in [-0.1, -0.05) is 0 Å². The molecule has 0 aromatic heterocycles. The van der Waals surface area contributed by atoms with Crippen LogP contribution >= 0.6 is 0 Å². The van der Waals surface area contributed by atoms with Crippen LogP contribution < -0.4 is 11.1 Å². The van der Waals surface area contributed by atoms with E-state index in [2.05, 4.69) is 5.32 Å². The Bertz CT molecular complexity index is 199. The SMILES string of the molecule is CC1OCCC1C(=O)NCCOCCN. The number of carbonyl (C=O) groups is 1. The molecule has 3 N–H and O–H groups in total. The van der Waals surface area contributed by atoms with Crippen molar-refractivity contribution in [3.63, 3.8) is 0 Å². The van der Waals surface area contributed by atoms with Gasteiger partial charge in [0, 0.05) is 19.7 Å². The minimum Gasteiger partial charge on any atom is -0.378 e. The van der Waals surface area contributed by atoms with Gasteiger partial charge in [-0.3, -0.25) is 4.79 Å². The average Bonchev–Trinajstić information content (AvgIpc) is 2.64. The minimum absolute atomic E-state index is 0.000455. The molecule has 0 radical (unpaired) electrons. The zero-order valence-electron chi connectivity index (χ0n) is 9.20. The van der Waals surface area contributed by atoms with Crippen LogP contribution in [0.3, 0.4) is 0 Å². The van der Waals surface area contributed by atoms with E-state index < -0.39 is 0 Å². The molecule has 5 nitrogen and oxygen atoms in total. The Morgan fingerprint density at radius 2 is 2.40 bits per heavy atom. The summed E-state index contributed by atoms with van der Waals surface area (Å²) in [6, 6.07) is 0. The second kappa shape index (κ2) is 6.76. The number of ether oxygens (including phenoxy) is 2. The van der Waals surface area contributed by atoms with Gasteiger partial charge in [0.15, 0.2) is 0 Å². The van der Waals surface area contributed by atoms with Gasteiger partial charge in [-0.2, -0.15) is 0 Å². The molecule has 1 heterocycles. The maximum atomic E-state index is 11.6. The van der Waals surface area contributed by atoms with Crippen molar-refractivity contribution >= 4 is 5.91 Å². The van der Waals surface area contributed by atoms with Crippen LogP contribution in [0.25, 0.3) is 0 Å². The first kappa shape index (κ1) is 12.4.